The summed E-state index contributed by atoms with van der Waals surface area (Å²) in [4.78, 5) is 23.3. The molecule has 1 amide bonds. The van der Waals surface area contributed by atoms with Gasteiger partial charge in [0, 0.05) is 16.9 Å². The topological polar surface area (TPSA) is 58.2 Å². The van der Waals surface area contributed by atoms with Crippen LogP contribution in [0.1, 0.15) is 29.8 Å². The van der Waals surface area contributed by atoms with Crippen molar-refractivity contribution >= 4 is 23.1 Å². The molecule has 2 aromatic rings. The van der Waals surface area contributed by atoms with Crippen molar-refractivity contribution in [3.05, 3.63) is 59.7 Å². The van der Waals surface area contributed by atoms with Gasteiger partial charge in [-0.1, -0.05) is 37.3 Å². The van der Waals surface area contributed by atoms with Crippen LogP contribution in [-0.4, -0.2) is 18.2 Å². The van der Waals surface area contributed by atoms with E-state index in [0.717, 1.165) is 12.1 Å². The molecule has 4 nitrogen and oxygen atoms in total. The number of ketones is 1. The van der Waals surface area contributed by atoms with Crippen LogP contribution in [0.3, 0.4) is 0 Å². The van der Waals surface area contributed by atoms with Gasteiger partial charge in [0.25, 0.3) is 0 Å². The summed E-state index contributed by atoms with van der Waals surface area (Å²) in [5.41, 5.74) is 3.36. The lowest BCUT2D eigenvalue weighted by atomic mass is 10.1. The van der Waals surface area contributed by atoms with Crippen molar-refractivity contribution in [2.24, 2.45) is 0 Å². The standard InChI is InChI=1S/C18H20N2O2/c1-3-14-7-4-5-10-17(14)19-12-18(22)20-16-9-6-8-15(11-16)13(2)21/h4-11,19H,3,12H2,1-2H3,(H,20,22). The molecule has 22 heavy (non-hydrogen) atoms. The van der Waals surface area contributed by atoms with Gasteiger partial charge >= 0.3 is 0 Å². The number of hydrogen-bond acceptors (Lipinski definition) is 3. The minimum Gasteiger partial charge on any atom is -0.376 e. The van der Waals surface area contributed by atoms with Gasteiger partial charge in [-0.05, 0) is 37.1 Å². The van der Waals surface area contributed by atoms with Crippen LogP contribution in [0.4, 0.5) is 11.4 Å². The molecule has 2 rings (SSSR count). The number of nitrogens with one attached hydrogen (secondary N) is 2. The van der Waals surface area contributed by atoms with Crippen LogP contribution >= 0.6 is 0 Å². The number of carbonyl (C=O) groups excluding carboxylic acids is 2. The van der Waals surface area contributed by atoms with Gasteiger partial charge < -0.3 is 10.6 Å². The van der Waals surface area contributed by atoms with E-state index in [9.17, 15) is 9.59 Å². The van der Waals surface area contributed by atoms with Gasteiger partial charge in [0.05, 0.1) is 6.54 Å². The van der Waals surface area contributed by atoms with E-state index in [1.807, 2.05) is 24.3 Å². The predicted octanol–water partition coefficient (Wildman–Crippen LogP) is 3.50. The van der Waals surface area contributed by atoms with Gasteiger partial charge in [-0.2, -0.15) is 0 Å². The Hall–Kier alpha value is -2.62. The maximum absolute atomic E-state index is 12.0. The van der Waals surface area contributed by atoms with E-state index < -0.39 is 0 Å². The fraction of sp³-hybridized carbons (Fsp3) is 0.222. The van der Waals surface area contributed by atoms with Crippen LogP contribution in [0.15, 0.2) is 48.5 Å². The minimum atomic E-state index is -0.147. The van der Waals surface area contributed by atoms with Gasteiger partial charge in [-0.25, -0.2) is 0 Å². The molecule has 0 fully saturated rings. The molecule has 0 saturated carbocycles. The van der Waals surface area contributed by atoms with Crippen LogP contribution in [-0.2, 0) is 11.2 Å². The quantitative estimate of drug-likeness (QED) is 0.802. The van der Waals surface area contributed by atoms with E-state index >= 15 is 0 Å². The van der Waals surface area contributed by atoms with Gasteiger partial charge in [0.1, 0.15) is 0 Å². The van der Waals surface area contributed by atoms with Crippen molar-refractivity contribution in [2.75, 3.05) is 17.2 Å². The Balaban J connectivity index is 1.96. The van der Waals surface area contributed by atoms with E-state index in [2.05, 4.69) is 17.6 Å². The summed E-state index contributed by atoms with van der Waals surface area (Å²) in [6.45, 7) is 3.76. The van der Waals surface area contributed by atoms with Crippen LogP contribution < -0.4 is 10.6 Å². The molecule has 2 aromatic carbocycles. The lowest BCUT2D eigenvalue weighted by Crippen LogP contribution is -2.22. The Labute approximate surface area is 130 Å². The van der Waals surface area contributed by atoms with Crippen molar-refractivity contribution < 1.29 is 9.59 Å². The van der Waals surface area contributed by atoms with Crippen molar-refractivity contribution in [1.82, 2.24) is 0 Å². The first-order valence-corrected chi connectivity index (χ1v) is 7.32. The highest BCUT2D eigenvalue weighted by Gasteiger charge is 2.06. The highest BCUT2D eigenvalue weighted by atomic mass is 16.2. The molecule has 0 aliphatic carbocycles. The number of aryl methyl sites for hydroxylation is 1. The second kappa shape index (κ2) is 7.41. The number of anilines is 2. The molecule has 0 aromatic heterocycles. The predicted molar refractivity (Wildman–Crippen MR) is 89.4 cm³/mol. The fourth-order valence-corrected chi connectivity index (χ4v) is 2.20. The van der Waals surface area contributed by atoms with E-state index in [1.54, 1.807) is 24.3 Å². The van der Waals surface area contributed by atoms with Crippen molar-refractivity contribution in [3.63, 3.8) is 0 Å². The monoisotopic (exact) mass is 296 g/mol. The molecule has 0 bridgehead atoms. The molecule has 4 heteroatoms. The van der Waals surface area contributed by atoms with Crippen molar-refractivity contribution in [1.29, 1.82) is 0 Å². The van der Waals surface area contributed by atoms with E-state index in [4.69, 9.17) is 0 Å². The second-order valence-electron chi connectivity index (χ2n) is 5.05. The van der Waals surface area contributed by atoms with Gasteiger partial charge in [0.2, 0.25) is 5.91 Å². The SMILES string of the molecule is CCc1ccccc1NCC(=O)Nc1cccc(C(C)=O)c1. The van der Waals surface area contributed by atoms with Crippen molar-refractivity contribution in [2.45, 2.75) is 20.3 Å². The number of para-hydroxylation sites is 1. The zero-order chi connectivity index (χ0) is 15.9. The minimum absolute atomic E-state index is 0.0221. The highest BCUT2D eigenvalue weighted by molar-refractivity contribution is 5.98. The maximum atomic E-state index is 12.0. The molecule has 0 saturated heterocycles. The average molecular weight is 296 g/mol. The summed E-state index contributed by atoms with van der Waals surface area (Å²) in [5.74, 6) is -0.169. The summed E-state index contributed by atoms with van der Waals surface area (Å²) in [6, 6.07) is 14.9. The first-order chi connectivity index (χ1) is 10.6. The third-order valence-electron chi connectivity index (χ3n) is 3.39. The lowest BCUT2D eigenvalue weighted by molar-refractivity contribution is -0.114. The van der Waals surface area contributed by atoms with E-state index in [1.165, 1.54) is 12.5 Å². The van der Waals surface area contributed by atoms with Crippen LogP contribution in [0.2, 0.25) is 0 Å². The molecular formula is C18H20N2O2. The third kappa shape index (κ3) is 4.19. The highest BCUT2D eigenvalue weighted by Crippen LogP contribution is 2.15. The summed E-state index contributed by atoms with van der Waals surface area (Å²) < 4.78 is 0. The van der Waals surface area contributed by atoms with Crippen molar-refractivity contribution in [3.8, 4) is 0 Å². The van der Waals surface area contributed by atoms with Crippen LogP contribution in [0.25, 0.3) is 0 Å². The number of amides is 1. The van der Waals surface area contributed by atoms with E-state index in [-0.39, 0.29) is 18.2 Å². The molecule has 0 aliphatic heterocycles. The number of carbonyl (C=O) groups is 2. The lowest BCUT2D eigenvalue weighted by Gasteiger charge is -2.11. The summed E-state index contributed by atoms with van der Waals surface area (Å²) in [7, 11) is 0. The molecule has 0 heterocycles. The molecule has 114 valence electrons. The van der Waals surface area contributed by atoms with Crippen LogP contribution in [0.5, 0.6) is 0 Å². The number of benzene rings is 2. The summed E-state index contributed by atoms with van der Waals surface area (Å²) in [5, 5.41) is 5.93. The fourth-order valence-electron chi connectivity index (χ4n) is 2.20. The molecule has 0 atom stereocenters. The third-order valence-corrected chi connectivity index (χ3v) is 3.39. The van der Waals surface area contributed by atoms with E-state index in [0.29, 0.717) is 11.3 Å². The zero-order valence-electron chi connectivity index (χ0n) is 12.8. The molecular weight excluding hydrogens is 276 g/mol. The zero-order valence-corrected chi connectivity index (χ0v) is 12.8. The Morgan fingerprint density at radius 1 is 1.05 bits per heavy atom. The summed E-state index contributed by atoms with van der Waals surface area (Å²) in [6.07, 6.45) is 0.908. The van der Waals surface area contributed by atoms with Crippen LogP contribution in [0, 0.1) is 0 Å². The first kappa shape index (κ1) is 15.8. The number of Topliss-reactive ketones (excluding diaryl/α,β-unsaturated/α-hetero) is 1. The Morgan fingerprint density at radius 2 is 1.82 bits per heavy atom. The first-order valence-electron chi connectivity index (χ1n) is 7.32. The number of hydrogen-bond donors (Lipinski definition) is 2. The van der Waals surface area contributed by atoms with Gasteiger partial charge in [-0.3, -0.25) is 9.59 Å². The molecule has 0 aliphatic rings. The largest absolute Gasteiger partial charge is 0.376 e. The molecule has 0 unspecified atom stereocenters. The molecule has 0 radical (unpaired) electrons. The maximum Gasteiger partial charge on any atom is 0.243 e. The number of rotatable bonds is 6. The normalized spacial score (nSPS) is 10.1. The van der Waals surface area contributed by atoms with Gasteiger partial charge in [-0.15, -0.1) is 0 Å². The Morgan fingerprint density at radius 3 is 2.55 bits per heavy atom. The second-order valence-corrected chi connectivity index (χ2v) is 5.05. The molecule has 2 N–H and O–H groups in total. The molecule has 0 spiro atoms. The average Bonchev–Trinajstić information content (AvgIpc) is 2.53. The Kier molecular flexibility index (Phi) is 5.31. The van der Waals surface area contributed by atoms with Gasteiger partial charge in [0.15, 0.2) is 5.78 Å². The summed E-state index contributed by atoms with van der Waals surface area (Å²) >= 11 is 0. The smallest absolute Gasteiger partial charge is 0.243 e. The Bertz CT molecular complexity index is 680.